The number of guanidine groups is 1. The number of nitrogens with zero attached hydrogens (tertiary/aromatic N) is 3. The number of oxazole rings is 1. The van der Waals surface area contributed by atoms with Crippen molar-refractivity contribution in [2.75, 3.05) is 26.7 Å². The van der Waals surface area contributed by atoms with Crippen molar-refractivity contribution in [3.8, 4) is 0 Å². The molecule has 1 aromatic heterocycles. The Morgan fingerprint density at radius 1 is 1.32 bits per heavy atom. The highest BCUT2D eigenvalue weighted by molar-refractivity contribution is 14.0. The van der Waals surface area contributed by atoms with E-state index in [1.54, 1.807) is 7.05 Å². The van der Waals surface area contributed by atoms with Gasteiger partial charge in [-0.15, -0.1) is 24.0 Å². The molecule has 0 unspecified atom stereocenters. The summed E-state index contributed by atoms with van der Waals surface area (Å²) in [7, 11) is 1.77. The molecule has 0 atom stereocenters. The van der Waals surface area contributed by atoms with E-state index >= 15 is 0 Å². The molecule has 0 bridgehead atoms. The van der Waals surface area contributed by atoms with Gasteiger partial charge in [0.2, 0.25) is 5.89 Å². The number of likely N-dealkylation sites (N-methyl/N-ethyl adjacent to an activating group) is 1. The lowest BCUT2D eigenvalue weighted by molar-refractivity contribution is 0.237. The average molecular weight is 423 g/mol. The number of aryl methyl sites for hydroxylation is 2. The van der Waals surface area contributed by atoms with Gasteiger partial charge in [-0.1, -0.05) is 6.92 Å². The second-order valence-electron chi connectivity index (χ2n) is 5.32. The summed E-state index contributed by atoms with van der Waals surface area (Å²) in [6.45, 7) is 13.9. The summed E-state index contributed by atoms with van der Waals surface area (Å²) >= 11 is 0. The van der Waals surface area contributed by atoms with Crippen LogP contribution in [-0.2, 0) is 6.54 Å². The molecule has 0 radical (unpaired) electrons. The molecule has 2 N–H and O–H groups in total. The topological polar surface area (TPSA) is 65.7 Å². The average Bonchev–Trinajstić information content (AvgIpc) is 2.76. The van der Waals surface area contributed by atoms with Crippen LogP contribution in [0.4, 0.5) is 0 Å². The molecule has 0 spiro atoms. The van der Waals surface area contributed by atoms with Crippen LogP contribution in [0, 0.1) is 13.8 Å². The fourth-order valence-corrected chi connectivity index (χ4v) is 2.09. The number of aliphatic imine (C=N–C) groups is 1. The highest BCUT2D eigenvalue weighted by Gasteiger charge is 2.08. The number of aromatic nitrogens is 1. The zero-order valence-electron chi connectivity index (χ0n) is 14.6. The van der Waals surface area contributed by atoms with Crippen LogP contribution in [0.15, 0.2) is 9.41 Å². The molecular weight excluding hydrogens is 393 g/mol. The van der Waals surface area contributed by atoms with Crippen molar-refractivity contribution in [2.45, 2.75) is 47.2 Å². The van der Waals surface area contributed by atoms with Gasteiger partial charge in [0.25, 0.3) is 0 Å². The predicted molar refractivity (Wildman–Crippen MR) is 102 cm³/mol. The first kappa shape index (κ1) is 21.2. The summed E-state index contributed by atoms with van der Waals surface area (Å²) < 4.78 is 5.54. The lowest BCUT2D eigenvalue weighted by atomic mass is 10.3. The zero-order valence-corrected chi connectivity index (χ0v) is 16.9. The van der Waals surface area contributed by atoms with E-state index in [4.69, 9.17) is 4.42 Å². The fourth-order valence-electron chi connectivity index (χ4n) is 2.09. The first-order chi connectivity index (χ1) is 9.97. The first-order valence-corrected chi connectivity index (χ1v) is 7.59. The third kappa shape index (κ3) is 6.95. The van der Waals surface area contributed by atoms with Gasteiger partial charge in [-0.2, -0.15) is 0 Å². The molecule has 7 heteroatoms. The van der Waals surface area contributed by atoms with E-state index in [0.717, 1.165) is 37.0 Å². The number of hydrogen-bond acceptors (Lipinski definition) is 4. The maximum atomic E-state index is 5.54. The Bertz CT molecular complexity index is 439. The van der Waals surface area contributed by atoms with Crippen molar-refractivity contribution in [3.63, 3.8) is 0 Å². The Kier molecular flexibility index (Phi) is 10.4. The van der Waals surface area contributed by atoms with Gasteiger partial charge in [-0.25, -0.2) is 4.98 Å². The van der Waals surface area contributed by atoms with Crippen LogP contribution >= 0.6 is 24.0 Å². The third-order valence-corrected chi connectivity index (χ3v) is 3.53. The van der Waals surface area contributed by atoms with E-state index in [1.165, 1.54) is 0 Å². The molecule has 0 aliphatic rings. The highest BCUT2D eigenvalue weighted by atomic mass is 127. The van der Waals surface area contributed by atoms with E-state index in [1.807, 2.05) is 13.8 Å². The summed E-state index contributed by atoms with van der Waals surface area (Å²) in [6, 6.07) is 0.560. The van der Waals surface area contributed by atoms with Crippen LogP contribution in [-0.4, -0.2) is 48.6 Å². The van der Waals surface area contributed by atoms with Gasteiger partial charge >= 0.3 is 0 Å². The Labute approximate surface area is 151 Å². The van der Waals surface area contributed by atoms with Crippen molar-refractivity contribution in [2.24, 2.45) is 4.99 Å². The van der Waals surface area contributed by atoms with E-state index in [9.17, 15) is 0 Å². The molecule has 0 aliphatic carbocycles. The zero-order chi connectivity index (χ0) is 15.8. The second-order valence-corrected chi connectivity index (χ2v) is 5.32. The normalized spacial score (nSPS) is 11.7. The largest absolute Gasteiger partial charge is 0.444 e. The minimum absolute atomic E-state index is 0. The molecular formula is C15H30IN5O. The van der Waals surface area contributed by atoms with Crippen molar-refractivity contribution < 1.29 is 4.42 Å². The van der Waals surface area contributed by atoms with Crippen molar-refractivity contribution in [1.82, 2.24) is 20.5 Å². The van der Waals surface area contributed by atoms with Crippen molar-refractivity contribution >= 4 is 29.9 Å². The molecule has 1 heterocycles. The quantitative estimate of drug-likeness (QED) is 0.400. The summed E-state index contributed by atoms with van der Waals surface area (Å²) in [5.74, 6) is 2.32. The number of rotatable bonds is 7. The van der Waals surface area contributed by atoms with Gasteiger partial charge in [-0.05, 0) is 34.2 Å². The summed E-state index contributed by atoms with van der Waals surface area (Å²) in [5.41, 5.74) is 0.935. The van der Waals surface area contributed by atoms with Crippen LogP contribution in [0.2, 0.25) is 0 Å². The summed E-state index contributed by atoms with van der Waals surface area (Å²) in [5, 5.41) is 6.52. The number of nitrogens with one attached hydrogen (secondary N) is 2. The maximum absolute atomic E-state index is 5.54. The smallest absolute Gasteiger partial charge is 0.214 e. The molecule has 0 saturated heterocycles. The Hall–Kier alpha value is -0.830. The van der Waals surface area contributed by atoms with Gasteiger partial charge in [0, 0.05) is 26.2 Å². The van der Waals surface area contributed by atoms with Gasteiger partial charge < -0.3 is 15.1 Å². The molecule has 6 nitrogen and oxygen atoms in total. The van der Waals surface area contributed by atoms with Gasteiger partial charge in [0.05, 0.1) is 12.2 Å². The Morgan fingerprint density at radius 2 is 2.00 bits per heavy atom. The monoisotopic (exact) mass is 423 g/mol. The van der Waals surface area contributed by atoms with E-state index < -0.39 is 0 Å². The highest BCUT2D eigenvalue weighted by Crippen LogP contribution is 2.07. The molecule has 1 rings (SSSR count). The van der Waals surface area contributed by atoms with Crippen molar-refractivity contribution in [1.29, 1.82) is 0 Å². The van der Waals surface area contributed by atoms with Crippen LogP contribution in [0.5, 0.6) is 0 Å². The summed E-state index contributed by atoms with van der Waals surface area (Å²) in [4.78, 5) is 11.0. The fraction of sp³-hybridized carbons (Fsp3) is 0.733. The molecule has 0 aromatic carbocycles. The number of halogens is 1. The van der Waals surface area contributed by atoms with Crippen LogP contribution < -0.4 is 10.6 Å². The molecule has 0 amide bonds. The molecule has 1 aromatic rings. The van der Waals surface area contributed by atoms with Gasteiger partial charge in [-0.3, -0.25) is 9.89 Å². The second kappa shape index (κ2) is 10.8. The van der Waals surface area contributed by atoms with E-state index in [0.29, 0.717) is 18.5 Å². The first-order valence-electron chi connectivity index (χ1n) is 7.59. The molecule has 0 fully saturated rings. The third-order valence-electron chi connectivity index (χ3n) is 3.53. The molecule has 0 saturated carbocycles. The minimum Gasteiger partial charge on any atom is -0.444 e. The minimum atomic E-state index is 0. The predicted octanol–water partition coefficient (Wildman–Crippen LogP) is 2.30. The molecule has 128 valence electrons. The standard InChI is InChI=1S/C15H29N5O.HI/c1-7-20(11(2)3)9-8-17-15(16-6)18-10-14-19-12(4)13(5)21-14;/h11H,7-10H2,1-6H3,(H2,16,17,18);1H. The van der Waals surface area contributed by atoms with Crippen LogP contribution in [0.1, 0.15) is 38.1 Å². The Morgan fingerprint density at radius 3 is 2.45 bits per heavy atom. The van der Waals surface area contributed by atoms with Crippen molar-refractivity contribution in [3.05, 3.63) is 17.3 Å². The maximum Gasteiger partial charge on any atom is 0.214 e. The lowest BCUT2D eigenvalue weighted by Crippen LogP contribution is -2.42. The van der Waals surface area contributed by atoms with Gasteiger partial charge in [0.15, 0.2) is 5.96 Å². The van der Waals surface area contributed by atoms with Crippen LogP contribution in [0.3, 0.4) is 0 Å². The van der Waals surface area contributed by atoms with Crippen LogP contribution in [0.25, 0.3) is 0 Å². The summed E-state index contributed by atoms with van der Waals surface area (Å²) in [6.07, 6.45) is 0. The van der Waals surface area contributed by atoms with Gasteiger partial charge in [0.1, 0.15) is 5.76 Å². The molecule has 22 heavy (non-hydrogen) atoms. The molecule has 0 aliphatic heterocycles. The number of hydrogen-bond donors (Lipinski definition) is 2. The van der Waals surface area contributed by atoms with E-state index in [2.05, 4.69) is 46.3 Å². The Balaban J connectivity index is 0.00000441. The van der Waals surface area contributed by atoms with E-state index in [-0.39, 0.29) is 24.0 Å². The SMILES string of the molecule is CCN(CCNC(=NC)NCc1nc(C)c(C)o1)C(C)C.I. The lowest BCUT2D eigenvalue weighted by Gasteiger charge is -2.25.